The second-order valence-corrected chi connectivity index (χ2v) is 3.10. The maximum Gasteiger partial charge on any atom is 0.154 e. The van der Waals surface area contributed by atoms with Gasteiger partial charge in [0.25, 0.3) is 0 Å². The summed E-state index contributed by atoms with van der Waals surface area (Å²) in [6, 6.07) is 3.03. The predicted octanol–water partition coefficient (Wildman–Crippen LogP) is 1.91. The van der Waals surface area contributed by atoms with E-state index in [1.807, 2.05) is 0 Å². The summed E-state index contributed by atoms with van der Waals surface area (Å²) in [5.74, 6) is 5.80. The Balaban J connectivity index is 3.20. The van der Waals surface area contributed by atoms with Crippen molar-refractivity contribution in [3.63, 3.8) is 0 Å². The standard InChI is InChI=1S/C9H8ClNOS/c10-7-4-6(2-1-3-13)9(12)8(11)5-7/h4-5,12-13H,3,11H2. The third kappa shape index (κ3) is 2.48. The number of thiol groups is 1. The molecular weight excluding hydrogens is 206 g/mol. The van der Waals surface area contributed by atoms with Crippen LogP contribution in [0.2, 0.25) is 5.02 Å². The first kappa shape index (κ1) is 10.1. The number of rotatable bonds is 0. The van der Waals surface area contributed by atoms with Crippen molar-refractivity contribution in [2.45, 2.75) is 0 Å². The SMILES string of the molecule is Nc1cc(Cl)cc(C#CCS)c1O. The third-order valence-corrected chi connectivity index (χ3v) is 1.78. The highest BCUT2D eigenvalue weighted by atomic mass is 35.5. The average molecular weight is 214 g/mol. The van der Waals surface area contributed by atoms with Crippen molar-refractivity contribution >= 4 is 29.9 Å². The molecule has 0 saturated heterocycles. The zero-order chi connectivity index (χ0) is 9.84. The fourth-order valence-electron chi connectivity index (χ4n) is 0.850. The molecule has 0 aliphatic heterocycles. The number of hydrogen-bond acceptors (Lipinski definition) is 3. The van der Waals surface area contributed by atoms with Gasteiger partial charge in [0, 0.05) is 5.02 Å². The maximum atomic E-state index is 9.44. The zero-order valence-corrected chi connectivity index (χ0v) is 8.36. The van der Waals surface area contributed by atoms with Gasteiger partial charge in [-0.2, -0.15) is 12.6 Å². The Morgan fingerprint density at radius 3 is 2.85 bits per heavy atom. The van der Waals surface area contributed by atoms with E-state index in [1.54, 1.807) is 6.07 Å². The molecule has 0 radical (unpaired) electrons. The minimum atomic E-state index is -0.0290. The van der Waals surface area contributed by atoms with Crippen LogP contribution in [0.25, 0.3) is 0 Å². The summed E-state index contributed by atoms with van der Waals surface area (Å²) in [6.07, 6.45) is 0. The Labute approximate surface area is 87.1 Å². The van der Waals surface area contributed by atoms with Crippen LogP contribution in [0, 0.1) is 11.8 Å². The molecule has 1 aromatic carbocycles. The van der Waals surface area contributed by atoms with E-state index in [0.717, 1.165) is 0 Å². The lowest BCUT2D eigenvalue weighted by Gasteiger charge is -2.01. The van der Waals surface area contributed by atoms with Crippen molar-refractivity contribution < 1.29 is 5.11 Å². The highest BCUT2D eigenvalue weighted by Gasteiger charge is 2.03. The summed E-state index contributed by atoms with van der Waals surface area (Å²) in [5.41, 5.74) is 6.13. The zero-order valence-electron chi connectivity index (χ0n) is 6.71. The van der Waals surface area contributed by atoms with Gasteiger partial charge in [0.2, 0.25) is 0 Å². The van der Waals surface area contributed by atoms with Crippen molar-refractivity contribution in [2.75, 3.05) is 11.5 Å². The maximum absolute atomic E-state index is 9.44. The van der Waals surface area contributed by atoms with Gasteiger partial charge in [-0.25, -0.2) is 0 Å². The number of nitrogens with two attached hydrogens (primary N) is 1. The summed E-state index contributed by atoms with van der Waals surface area (Å²) in [6.45, 7) is 0. The first-order valence-electron chi connectivity index (χ1n) is 3.53. The van der Waals surface area contributed by atoms with Crippen LogP contribution in [0.4, 0.5) is 5.69 Å². The highest BCUT2D eigenvalue weighted by molar-refractivity contribution is 7.80. The number of anilines is 1. The topological polar surface area (TPSA) is 46.2 Å². The quantitative estimate of drug-likeness (QED) is 0.267. The molecule has 13 heavy (non-hydrogen) atoms. The molecule has 0 saturated carbocycles. The first-order valence-corrected chi connectivity index (χ1v) is 4.54. The number of phenolic OH excluding ortho intramolecular Hbond substituents is 1. The molecule has 4 heteroatoms. The van der Waals surface area contributed by atoms with Crippen molar-refractivity contribution in [1.82, 2.24) is 0 Å². The smallest absolute Gasteiger partial charge is 0.154 e. The molecule has 1 rings (SSSR count). The Kier molecular flexibility index (Phi) is 3.35. The van der Waals surface area contributed by atoms with E-state index in [1.165, 1.54) is 6.07 Å². The Bertz CT molecular complexity index is 381. The van der Waals surface area contributed by atoms with Gasteiger partial charge in [-0.15, -0.1) is 0 Å². The fourth-order valence-corrected chi connectivity index (χ4v) is 1.16. The Morgan fingerprint density at radius 2 is 2.23 bits per heavy atom. The molecular formula is C9H8ClNOS. The molecule has 1 aromatic rings. The monoisotopic (exact) mass is 213 g/mol. The minimum absolute atomic E-state index is 0.0290. The van der Waals surface area contributed by atoms with Gasteiger partial charge in [0.15, 0.2) is 5.75 Å². The van der Waals surface area contributed by atoms with E-state index < -0.39 is 0 Å². The molecule has 68 valence electrons. The molecule has 0 unspecified atom stereocenters. The summed E-state index contributed by atoms with van der Waals surface area (Å²) < 4.78 is 0. The van der Waals surface area contributed by atoms with E-state index in [-0.39, 0.29) is 11.4 Å². The molecule has 0 fully saturated rings. The van der Waals surface area contributed by atoms with Crippen LogP contribution in [-0.2, 0) is 0 Å². The number of aromatic hydroxyl groups is 1. The lowest BCUT2D eigenvalue weighted by atomic mass is 10.2. The van der Waals surface area contributed by atoms with Gasteiger partial charge in [-0.05, 0) is 12.1 Å². The van der Waals surface area contributed by atoms with Crippen LogP contribution >= 0.6 is 24.2 Å². The lowest BCUT2D eigenvalue weighted by Crippen LogP contribution is -1.88. The van der Waals surface area contributed by atoms with E-state index >= 15 is 0 Å². The molecule has 0 aliphatic carbocycles. The minimum Gasteiger partial charge on any atom is -0.505 e. The second kappa shape index (κ2) is 4.31. The third-order valence-electron chi connectivity index (χ3n) is 1.41. The van der Waals surface area contributed by atoms with Gasteiger partial charge >= 0.3 is 0 Å². The number of hydrogen-bond donors (Lipinski definition) is 3. The molecule has 0 spiro atoms. The van der Waals surface area contributed by atoms with Crippen LogP contribution in [0.15, 0.2) is 12.1 Å². The van der Waals surface area contributed by atoms with Crippen LogP contribution in [0.1, 0.15) is 5.56 Å². The van der Waals surface area contributed by atoms with Crippen molar-refractivity contribution in [1.29, 1.82) is 0 Å². The Hall–Kier alpha value is -0.980. The van der Waals surface area contributed by atoms with Crippen molar-refractivity contribution in [2.24, 2.45) is 0 Å². The molecule has 0 atom stereocenters. The molecule has 2 nitrogen and oxygen atoms in total. The molecule has 0 aromatic heterocycles. The van der Waals surface area contributed by atoms with Crippen LogP contribution in [0.3, 0.4) is 0 Å². The summed E-state index contributed by atoms with van der Waals surface area (Å²) in [5, 5.41) is 9.89. The normalized spacial score (nSPS) is 9.08. The van der Waals surface area contributed by atoms with E-state index in [4.69, 9.17) is 17.3 Å². The van der Waals surface area contributed by atoms with Crippen LogP contribution in [0.5, 0.6) is 5.75 Å². The van der Waals surface area contributed by atoms with Gasteiger partial charge < -0.3 is 10.8 Å². The lowest BCUT2D eigenvalue weighted by molar-refractivity contribution is 0.476. The molecule has 0 amide bonds. The molecule has 0 bridgehead atoms. The van der Waals surface area contributed by atoms with E-state index in [0.29, 0.717) is 16.3 Å². The number of nitrogen functional groups attached to an aromatic ring is 1. The number of benzene rings is 1. The van der Waals surface area contributed by atoms with E-state index in [9.17, 15) is 5.11 Å². The van der Waals surface area contributed by atoms with Crippen molar-refractivity contribution in [3.8, 4) is 17.6 Å². The van der Waals surface area contributed by atoms with Crippen molar-refractivity contribution in [3.05, 3.63) is 22.7 Å². The predicted molar refractivity (Wildman–Crippen MR) is 58.3 cm³/mol. The number of phenols is 1. The fraction of sp³-hybridized carbons (Fsp3) is 0.111. The van der Waals surface area contributed by atoms with Gasteiger partial charge in [-0.1, -0.05) is 23.4 Å². The summed E-state index contributed by atoms with van der Waals surface area (Å²) >= 11 is 9.64. The largest absolute Gasteiger partial charge is 0.505 e. The van der Waals surface area contributed by atoms with Gasteiger partial charge in [0.1, 0.15) is 0 Å². The van der Waals surface area contributed by atoms with Crippen LogP contribution in [-0.4, -0.2) is 10.9 Å². The second-order valence-electron chi connectivity index (χ2n) is 2.35. The molecule has 0 heterocycles. The average Bonchev–Trinajstić information content (AvgIpc) is 2.09. The molecule has 0 aliphatic rings. The summed E-state index contributed by atoms with van der Waals surface area (Å²) in [4.78, 5) is 0. The van der Waals surface area contributed by atoms with Crippen LogP contribution < -0.4 is 5.73 Å². The first-order chi connectivity index (χ1) is 6.15. The highest BCUT2D eigenvalue weighted by Crippen LogP contribution is 2.28. The Morgan fingerprint density at radius 1 is 1.54 bits per heavy atom. The van der Waals surface area contributed by atoms with Gasteiger partial charge in [0.05, 0.1) is 17.0 Å². The van der Waals surface area contributed by atoms with E-state index in [2.05, 4.69) is 24.5 Å². The number of halogens is 1. The molecule has 3 N–H and O–H groups in total. The van der Waals surface area contributed by atoms with Gasteiger partial charge in [-0.3, -0.25) is 0 Å². The summed E-state index contributed by atoms with van der Waals surface area (Å²) in [7, 11) is 0.